The Morgan fingerprint density at radius 3 is 2.23 bits per heavy atom. The third-order valence-corrected chi connectivity index (χ3v) is 7.32. The number of aliphatic hydroxyl groups excluding tert-OH is 2. The van der Waals surface area contributed by atoms with Crippen LogP contribution >= 0.6 is 0 Å². The van der Waals surface area contributed by atoms with Crippen molar-refractivity contribution in [2.24, 2.45) is 0 Å². The molecule has 0 aliphatic carbocycles. The first-order chi connectivity index (χ1) is 19.5. The fourth-order valence-corrected chi connectivity index (χ4v) is 5.38. The third-order valence-electron chi connectivity index (χ3n) is 7.32. The molecule has 3 aromatic carbocycles. The zero-order valence-corrected chi connectivity index (χ0v) is 21.8. The number of methoxy groups -OCH3 is 1. The number of rotatable bonds is 8. The highest BCUT2D eigenvalue weighted by molar-refractivity contribution is 5.71. The van der Waals surface area contributed by atoms with Gasteiger partial charge in [0.2, 0.25) is 5.95 Å². The Kier molecular flexibility index (Phi) is 6.81. The van der Waals surface area contributed by atoms with Gasteiger partial charge < -0.3 is 25.0 Å². The number of fused-ring (bicyclic) bond motifs is 1. The van der Waals surface area contributed by atoms with E-state index in [-0.39, 0.29) is 30.1 Å². The Hall–Kier alpha value is -4.51. The summed E-state index contributed by atoms with van der Waals surface area (Å²) >= 11 is 0. The predicted octanol–water partition coefficient (Wildman–Crippen LogP) is 3.17. The fraction of sp³-hybridized carbons (Fsp3) is 0.233. The van der Waals surface area contributed by atoms with Crippen molar-refractivity contribution in [1.29, 1.82) is 0 Å². The second-order valence-electron chi connectivity index (χ2n) is 9.71. The van der Waals surface area contributed by atoms with Gasteiger partial charge in [-0.3, -0.25) is 14.3 Å². The van der Waals surface area contributed by atoms with E-state index in [1.165, 1.54) is 10.9 Å². The van der Waals surface area contributed by atoms with Crippen LogP contribution in [0.2, 0.25) is 0 Å². The van der Waals surface area contributed by atoms with E-state index in [0.717, 1.165) is 16.7 Å². The minimum absolute atomic E-state index is 0.114. The largest absolute Gasteiger partial charge is 0.497 e. The summed E-state index contributed by atoms with van der Waals surface area (Å²) in [7, 11) is 1.62. The summed E-state index contributed by atoms with van der Waals surface area (Å²) in [4.78, 5) is 25.1. The summed E-state index contributed by atoms with van der Waals surface area (Å²) in [5, 5.41) is 23.7. The summed E-state index contributed by atoms with van der Waals surface area (Å²) < 4.78 is 12.8. The van der Waals surface area contributed by atoms with Crippen molar-refractivity contribution >= 4 is 17.1 Å². The molecule has 5 aromatic rings. The quantitative estimate of drug-likeness (QED) is 0.221. The van der Waals surface area contributed by atoms with E-state index in [2.05, 4.69) is 15.3 Å². The fourth-order valence-electron chi connectivity index (χ4n) is 5.38. The molecule has 1 aliphatic rings. The highest BCUT2D eigenvalue weighted by atomic mass is 16.5. The van der Waals surface area contributed by atoms with Gasteiger partial charge in [0.15, 0.2) is 17.4 Å². The van der Waals surface area contributed by atoms with Crippen LogP contribution < -0.4 is 15.6 Å². The van der Waals surface area contributed by atoms with Gasteiger partial charge in [-0.1, -0.05) is 72.8 Å². The molecule has 0 amide bonds. The van der Waals surface area contributed by atoms with E-state index in [4.69, 9.17) is 14.5 Å². The maximum atomic E-state index is 13.2. The van der Waals surface area contributed by atoms with Crippen LogP contribution in [-0.2, 0) is 10.3 Å². The van der Waals surface area contributed by atoms with E-state index in [1.807, 2.05) is 84.9 Å². The van der Waals surface area contributed by atoms with Crippen molar-refractivity contribution < 1.29 is 19.7 Å². The molecular weight excluding hydrogens is 510 g/mol. The van der Waals surface area contributed by atoms with Crippen molar-refractivity contribution in [2.45, 2.75) is 30.4 Å². The molecule has 3 heterocycles. The maximum absolute atomic E-state index is 13.2. The molecule has 1 fully saturated rings. The number of benzene rings is 3. The summed E-state index contributed by atoms with van der Waals surface area (Å²) in [5.74, 6) is 0.918. The van der Waals surface area contributed by atoms with E-state index >= 15 is 0 Å². The predicted molar refractivity (Wildman–Crippen MR) is 149 cm³/mol. The van der Waals surface area contributed by atoms with Crippen molar-refractivity contribution in [3.63, 3.8) is 0 Å². The number of ether oxygens (including phenoxy) is 2. The Bertz CT molecular complexity index is 1610. The second kappa shape index (κ2) is 10.6. The Labute approximate surface area is 229 Å². The number of H-pyrrole nitrogens is 1. The van der Waals surface area contributed by atoms with Gasteiger partial charge in [0, 0.05) is 6.42 Å². The van der Waals surface area contributed by atoms with Crippen LogP contribution in [0, 0.1) is 0 Å². The highest BCUT2D eigenvalue weighted by Crippen LogP contribution is 2.40. The van der Waals surface area contributed by atoms with Gasteiger partial charge in [0.1, 0.15) is 17.4 Å². The number of anilines is 1. The van der Waals surface area contributed by atoms with Crippen LogP contribution in [0.1, 0.15) is 29.3 Å². The summed E-state index contributed by atoms with van der Waals surface area (Å²) in [6.07, 6.45) is -0.554. The van der Waals surface area contributed by atoms with Crippen molar-refractivity contribution in [3.8, 4) is 5.75 Å². The topological polar surface area (TPSA) is 135 Å². The Balaban J connectivity index is 1.54. The van der Waals surface area contributed by atoms with Crippen molar-refractivity contribution in [1.82, 2.24) is 19.5 Å². The van der Waals surface area contributed by atoms with Gasteiger partial charge in [-0.15, -0.1) is 0 Å². The molecule has 4 N–H and O–H groups in total. The third kappa shape index (κ3) is 4.41. The monoisotopic (exact) mass is 539 g/mol. The molecule has 10 heteroatoms. The number of nitrogens with one attached hydrogen (secondary N) is 2. The van der Waals surface area contributed by atoms with Crippen LogP contribution in [0.3, 0.4) is 0 Å². The number of imidazole rings is 1. The Morgan fingerprint density at radius 1 is 1.02 bits per heavy atom. The molecule has 3 atom stereocenters. The first-order valence-electron chi connectivity index (χ1n) is 13.0. The summed E-state index contributed by atoms with van der Waals surface area (Å²) in [6.45, 7) is -0.223. The van der Waals surface area contributed by atoms with Gasteiger partial charge in [-0.05, 0) is 28.8 Å². The molecule has 2 aromatic heterocycles. The van der Waals surface area contributed by atoms with E-state index in [9.17, 15) is 15.0 Å². The molecular formula is C30H29N5O5. The van der Waals surface area contributed by atoms with Crippen LogP contribution in [0.15, 0.2) is 96.1 Å². The number of aromatic nitrogens is 4. The molecule has 40 heavy (non-hydrogen) atoms. The molecule has 0 unspecified atom stereocenters. The average molecular weight is 540 g/mol. The van der Waals surface area contributed by atoms with E-state index in [1.54, 1.807) is 7.11 Å². The summed E-state index contributed by atoms with van der Waals surface area (Å²) in [5.41, 5.74) is 1.69. The van der Waals surface area contributed by atoms with Gasteiger partial charge in [-0.2, -0.15) is 4.98 Å². The van der Waals surface area contributed by atoms with Gasteiger partial charge in [-0.25, -0.2) is 4.98 Å². The van der Waals surface area contributed by atoms with E-state index < -0.39 is 29.5 Å². The zero-order chi connectivity index (χ0) is 27.7. The number of hydrogen-bond donors (Lipinski definition) is 4. The smallest absolute Gasteiger partial charge is 0.280 e. The SMILES string of the molecule is COc1ccc(C(Nc2nc3c(ncn3[C@@H]3O[C@H](CO)C[C@H]3O)c(=O)[nH]2)(c2ccccc2)c2ccccc2)cc1. The lowest BCUT2D eigenvalue weighted by atomic mass is 9.77. The van der Waals surface area contributed by atoms with Gasteiger partial charge >= 0.3 is 0 Å². The molecule has 0 radical (unpaired) electrons. The molecule has 0 bridgehead atoms. The van der Waals surface area contributed by atoms with Crippen molar-refractivity contribution in [3.05, 3.63) is 118 Å². The van der Waals surface area contributed by atoms with Crippen LogP contribution in [0.4, 0.5) is 5.95 Å². The van der Waals surface area contributed by atoms with E-state index in [0.29, 0.717) is 5.75 Å². The van der Waals surface area contributed by atoms with Crippen molar-refractivity contribution in [2.75, 3.05) is 19.0 Å². The number of aliphatic hydroxyl groups is 2. The van der Waals surface area contributed by atoms with Crippen LogP contribution in [0.5, 0.6) is 5.75 Å². The molecule has 10 nitrogen and oxygen atoms in total. The van der Waals surface area contributed by atoms with Gasteiger partial charge in [0.05, 0.1) is 26.1 Å². The first-order valence-corrected chi connectivity index (χ1v) is 13.0. The molecule has 0 saturated carbocycles. The Morgan fingerprint density at radius 2 is 1.65 bits per heavy atom. The lowest BCUT2D eigenvalue weighted by Crippen LogP contribution is -2.39. The lowest BCUT2D eigenvalue weighted by Gasteiger charge is -2.37. The molecule has 1 aliphatic heterocycles. The first kappa shape index (κ1) is 25.8. The summed E-state index contributed by atoms with van der Waals surface area (Å²) in [6, 6.07) is 27.5. The van der Waals surface area contributed by atoms with Crippen LogP contribution in [0.25, 0.3) is 11.2 Å². The molecule has 6 rings (SSSR count). The zero-order valence-electron chi connectivity index (χ0n) is 21.8. The molecule has 1 saturated heterocycles. The number of aromatic amines is 1. The second-order valence-corrected chi connectivity index (χ2v) is 9.71. The average Bonchev–Trinajstić information content (AvgIpc) is 3.60. The lowest BCUT2D eigenvalue weighted by molar-refractivity contribution is -0.0486. The van der Waals surface area contributed by atoms with Crippen LogP contribution in [-0.4, -0.2) is 55.7 Å². The maximum Gasteiger partial charge on any atom is 0.280 e. The highest BCUT2D eigenvalue weighted by Gasteiger charge is 2.39. The molecule has 204 valence electrons. The number of nitrogens with zero attached hydrogens (tertiary/aromatic N) is 3. The number of hydrogen-bond acceptors (Lipinski definition) is 8. The van der Waals surface area contributed by atoms with Gasteiger partial charge in [0.25, 0.3) is 5.56 Å². The minimum Gasteiger partial charge on any atom is -0.497 e. The standard InChI is InChI=1S/C30H29N5O5/c1-39-22-14-12-21(13-15-22)30(19-8-4-2-5-9-19,20-10-6-3-7-11-20)34-29-32-26-25(27(38)33-29)31-18-35(26)28-24(37)16-23(17-36)40-28/h2-15,18,23-24,28,36-37H,16-17H2,1H3,(H2,32,33,34,38)/t23-,24+,28+/m0/s1. The molecule has 0 spiro atoms. The minimum atomic E-state index is -0.964. The normalized spacial score (nSPS) is 19.1.